The molecule has 1 aliphatic heterocycles. The summed E-state index contributed by atoms with van der Waals surface area (Å²) in [4.78, 5) is 12.7. The Hall–Kier alpha value is -1.84. The fraction of sp³-hybridized carbons (Fsp3) is 0.500. The van der Waals surface area contributed by atoms with Gasteiger partial charge in [0.05, 0.1) is 4.90 Å². The van der Waals surface area contributed by atoms with Crippen LogP contribution in [-0.4, -0.2) is 41.9 Å². The van der Waals surface area contributed by atoms with Crippen molar-refractivity contribution in [3.05, 3.63) is 34.8 Å². The van der Waals surface area contributed by atoms with Crippen LogP contribution in [0, 0.1) is 0 Å². The summed E-state index contributed by atoms with van der Waals surface area (Å²) in [5, 5.41) is 12.0. The maximum atomic E-state index is 12.9. The topological polar surface area (TPSA) is 92.3 Å². The first-order valence-electron chi connectivity index (χ1n) is 9.24. The van der Waals surface area contributed by atoms with Gasteiger partial charge in [0, 0.05) is 25.1 Å². The number of amides is 1. The van der Waals surface area contributed by atoms with E-state index in [1.54, 1.807) is 18.2 Å². The number of anilines is 1. The molecule has 0 bridgehead atoms. The Labute approximate surface area is 163 Å². The van der Waals surface area contributed by atoms with Gasteiger partial charge in [-0.05, 0) is 37.5 Å². The van der Waals surface area contributed by atoms with Gasteiger partial charge in [0.2, 0.25) is 15.2 Å². The van der Waals surface area contributed by atoms with Crippen LogP contribution < -0.4 is 5.32 Å². The van der Waals surface area contributed by atoms with Gasteiger partial charge in [-0.15, -0.1) is 10.2 Å². The van der Waals surface area contributed by atoms with E-state index in [4.69, 9.17) is 0 Å². The number of hydrogen-bond acceptors (Lipinski definition) is 6. The smallest absolute Gasteiger partial charge is 0.257 e. The summed E-state index contributed by atoms with van der Waals surface area (Å²) in [7, 11) is -3.59. The Balaban J connectivity index is 1.76. The predicted molar refractivity (Wildman–Crippen MR) is 106 cm³/mol. The first-order valence-corrected chi connectivity index (χ1v) is 11.5. The van der Waals surface area contributed by atoms with Gasteiger partial charge in [-0.25, -0.2) is 8.42 Å². The van der Waals surface area contributed by atoms with E-state index in [-0.39, 0.29) is 16.4 Å². The Bertz CT molecular complexity index is 888. The third-order valence-electron chi connectivity index (χ3n) is 4.45. The maximum absolute atomic E-state index is 12.9. The molecule has 2 aromatic rings. The molecular formula is C18H24N4O3S2. The van der Waals surface area contributed by atoms with Gasteiger partial charge in [-0.2, -0.15) is 4.31 Å². The molecule has 1 aliphatic rings. The number of aryl methyl sites for hydroxylation is 1. The third-order valence-corrected chi connectivity index (χ3v) is 7.24. The largest absolute Gasteiger partial charge is 0.296 e. The number of sulfonamides is 1. The lowest BCUT2D eigenvalue weighted by atomic mass is 10.2. The SMILES string of the molecule is CCCc1nnc(NC(=O)c2cccc(S(=O)(=O)N3CCCCCC3)c2)s1. The average molecular weight is 409 g/mol. The fourth-order valence-corrected chi connectivity index (χ4v) is 5.42. The second-order valence-electron chi connectivity index (χ2n) is 6.55. The molecule has 1 N–H and O–H groups in total. The summed E-state index contributed by atoms with van der Waals surface area (Å²) in [5.41, 5.74) is 0.290. The molecule has 7 nitrogen and oxygen atoms in total. The molecule has 0 unspecified atom stereocenters. The van der Waals surface area contributed by atoms with Crippen molar-refractivity contribution in [1.29, 1.82) is 0 Å². The van der Waals surface area contributed by atoms with Crippen molar-refractivity contribution in [3.8, 4) is 0 Å². The second kappa shape index (κ2) is 8.90. The molecule has 2 heterocycles. The Morgan fingerprint density at radius 1 is 1.19 bits per heavy atom. The zero-order valence-electron chi connectivity index (χ0n) is 15.3. The number of aromatic nitrogens is 2. The lowest BCUT2D eigenvalue weighted by Gasteiger charge is -2.20. The number of nitrogens with one attached hydrogen (secondary N) is 1. The molecule has 1 fully saturated rings. The molecule has 0 spiro atoms. The van der Waals surface area contributed by atoms with Crippen molar-refractivity contribution in [2.45, 2.75) is 50.3 Å². The summed E-state index contributed by atoms with van der Waals surface area (Å²) in [6.45, 7) is 3.11. The van der Waals surface area contributed by atoms with E-state index in [1.807, 2.05) is 0 Å². The van der Waals surface area contributed by atoms with E-state index >= 15 is 0 Å². The van der Waals surface area contributed by atoms with Crippen LogP contribution in [0.5, 0.6) is 0 Å². The molecule has 3 rings (SSSR count). The first kappa shape index (κ1) is 19.9. The maximum Gasteiger partial charge on any atom is 0.257 e. The Kier molecular flexibility index (Phi) is 6.56. The molecule has 0 radical (unpaired) electrons. The van der Waals surface area contributed by atoms with Crippen molar-refractivity contribution >= 4 is 32.4 Å². The number of nitrogens with zero attached hydrogens (tertiary/aromatic N) is 3. The van der Waals surface area contributed by atoms with Gasteiger partial charge in [-0.1, -0.05) is 37.2 Å². The number of hydrogen-bond donors (Lipinski definition) is 1. The van der Waals surface area contributed by atoms with Crippen molar-refractivity contribution in [3.63, 3.8) is 0 Å². The summed E-state index contributed by atoms with van der Waals surface area (Å²) in [6.07, 6.45) is 5.62. The highest BCUT2D eigenvalue weighted by molar-refractivity contribution is 7.89. The second-order valence-corrected chi connectivity index (χ2v) is 9.55. The van der Waals surface area contributed by atoms with E-state index in [1.165, 1.54) is 21.7 Å². The minimum Gasteiger partial charge on any atom is -0.296 e. The van der Waals surface area contributed by atoms with Crippen LogP contribution in [0.1, 0.15) is 54.4 Å². The molecule has 0 atom stereocenters. The standard InChI is InChI=1S/C18H24N4O3S2/c1-2-8-16-20-21-18(26-16)19-17(23)14-9-7-10-15(13-14)27(24,25)22-11-5-3-4-6-12-22/h7,9-10,13H,2-6,8,11-12H2,1H3,(H,19,21,23). The fourth-order valence-electron chi connectivity index (χ4n) is 3.02. The van der Waals surface area contributed by atoms with E-state index < -0.39 is 10.0 Å². The average Bonchev–Trinajstić information content (AvgIpc) is 2.92. The Morgan fingerprint density at radius 3 is 2.63 bits per heavy atom. The molecule has 1 aromatic heterocycles. The summed E-state index contributed by atoms with van der Waals surface area (Å²) in [5.74, 6) is -0.387. The monoisotopic (exact) mass is 408 g/mol. The van der Waals surface area contributed by atoms with E-state index in [0.717, 1.165) is 43.5 Å². The van der Waals surface area contributed by atoms with Gasteiger partial charge >= 0.3 is 0 Å². The molecule has 146 valence electrons. The van der Waals surface area contributed by atoms with E-state index in [2.05, 4.69) is 22.4 Å². The minimum atomic E-state index is -3.59. The van der Waals surface area contributed by atoms with Crippen LogP contribution in [0.15, 0.2) is 29.2 Å². The number of benzene rings is 1. The molecule has 1 aromatic carbocycles. The van der Waals surface area contributed by atoms with Crippen molar-refractivity contribution in [2.24, 2.45) is 0 Å². The minimum absolute atomic E-state index is 0.154. The number of carbonyl (C=O) groups is 1. The summed E-state index contributed by atoms with van der Waals surface area (Å²) in [6, 6.07) is 6.18. The van der Waals surface area contributed by atoms with Crippen LogP contribution in [0.2, 0.25) is 0 Å². The van der Waals surface area contributed by atoms with Gasteiger partial charge in [0.15, 0.2) is 0 Å². The van der Waals surface area contributed by atoms with Crippen molar-refractivity contribution in [1.82, 2.24) is 14.5 Å². The van der Waals surface area contributed by atoms with E-state index in [0.29, 0.717) is 18.2 Å². The van der Waals surface area contributed by atoms with Gasteiger partial charge in [-0.3, -0.25) is 10.1 Å². The van der Waals surface area contributed by atoms with Crippen LogP contribution in [0.25, 0.3) is 0 Å². The lowest BCUT2D eigenvalue weighted by Crippen LogP contribution is -2.32. The van der Waals surface area contributed by atoms with Gasteiger partial charge in [0.1, 0.15) is 5.01 Å². The van der Waals surface area contributed by atoms with Gasteiger partial charge < -0.3 is 0 Å². The van der Waals surface area contributed by atoms with Crippen LogP contribution in [-0.2, 0) is 16.4 Å². The summed E-state index contributed by atoms with van der Waals surface area (Å²) < 4.78 is 27.4. The highest BCUT2D eigenvalue weighted by atomic mass is 32.2. The molecule has 9 heteroatoms. The quantitative estimate of drug-likeness (QED) is 0.792. The lowest BCUT2D eigenvalue weighted by molar-refractivity contribution is 0.102. The number of carbonyl (C=O) groups excluding carboxylic acids is 1. The summed E-state index contributed by atoms with van der Waals surface area (Å²) >= 11 is 1.33. The van der Waals surface area contributed by atoms with E-state index in [9.17, 15) is 13.2 Å². The van der Waals surface area contributed by atoms with Gasteiger partial charge in [0.25, 0.3) is 5.91 Å². The molecule has 27 heavy (non-hydrogen) atoms. The highest BCUT2D eigenvalue weighted by Crippen LogP contribution is 2.22. The third kappa shape index (κ3) is 4.91. The Morgan fingerprint density at radius 2 is 1.93 bits per heavy atom. The highest BCUT2D eigenvalue weighted by Gasteiger charge is 2.26. The molecule has 1 amide bonds. The van der Waals surface area contributed by atoms with Crippen LogP contribution in [0.4, 0.5) is 5.13 Å². The molecular weight excluding hydrogens is 384 g/mol. The van der Waals surface area contributed by atoms with Crippen molar-refractivity contribution < 1.29 is 13.2 Å². The molecule has 0 saturated carbocycles. The normalized spacial score (nSPS) is 16.0. The van der Waals surface area contributed by atoms with Crippen LogP contribution >= 0.6 is 11.3 Å². The number of rotatable bonds is 6. The zero-order chi connectivity index (χ0) is 19.3. The van der Waals surface area contributed by atoms with Crippen LogP contribution in [0.3, 0.4) is 0 Å². The zero-order valence-corrected chi connectivity index (χ0v) is 17.0. The van der Waals surface area contributed by atoms with Crippen molar-refractivity contribution in [2.75, 3.05) is 18.4 Å². The first-order chi connectivity index (χ1) is 13.0. The molecule has 1 saturated heterocycles. The molecule has 0 aliphatic carbocycles. The predicted octanol–water partition coefficient (Wildman–Crippen LogP) is 3.31.